The fourth-order valence-corrected chi connectivity index (χ4v) is 3.53. The van der Waals surface area contributed by atoms with Gasteiger partial charge in [0.05, 0.1) is 17.1 Å². The second-order valence-electron chi connectivity index (χ2n) is 6.42. The van der Waals surface area contributed by atoms with Crippen LogP contribution in [0.25, 0.3) is 11.0 Å². The Morgan fingerprint density at radius 1 is 1.24 bits per heavy atom. The fourth-order valence-electron chi connectivity index (χ4n) is 3.53. The largest absolute Gasteiger partial charge is 0.348 e. The summed E-state index contributed by atoms with van der Waals surface area (Å²) in [7, 11) is 0. The summed E-state index contributed by atoms with van der Waals surface area (Å²) in [6.45, 7) is 3.56. The van der Waals surface area contributed by atoms with Crippen molar-refractivity contribution in [2.45, 2.75) is 32.4 Å². The number of carbonyl (C=O) groups is 1. The zero-order valence-corrected chi connectivity index (χ0v) is 14.1. The highest BCUT2D eigenvalue weighted by atomic mass is 16.2. The normalized spacial score (nSPS) is 16.8. The smallest absolute Gasteiger partial charge is 0.270 e. The first-order valence-electron chi connectivity index (χ1n) is 8.56. The molecule has 1 aliphatic heterocycles. The third kappa shape index (κ3) is 2.84. The Labute approximate surface area is 145 Å². The van der Waals surface area contributed by atoms with Crippen molar-refractivity contribution in [3.63, 3.8) is 0 Å². The van der Waals surface area contributed by atoms with Crippen LogP contribution in [-0.4, -0.2) is 31.9 Å². The highest BCUT2D eigenvalue weighted by Crippen LogP contribution is 2.26. The Kier molecular flexibility index (Phi) is 3.87. The van der Waals surface area contributed by atoms with Crippen molar-refractivity contribution < 1.29 is 4.79 Å². The molecule has 0 bridgehead atoms. The average molecular weight is 336 g/mol. The monoisotopic (exact) mass is 336 g/mol. The maximum Gasteiger partial charge on any atom is 0.270 e. The molecular weight excluding hydrogens is 316 g/mol. The summed E-state index contributed by atoms with van der Waals surface area (Å²) in [5, 5.41) is 0. The molecule has 1 amide bonds. The van der Waals surface area contributed by atoms with Gasteiger partial charge in [-0.15, -0.1) is 0 Å². The number of nitrogens with zero attached hydrogens (tertiary/aromatic N) is 3. The number of aromatic amines is 1. The topological polar surface area (TPSA) is 71.0 Å². The summed E-state index contributed by atoms with van der Waals surface area (Å²) >= 11 is 0. The zero-order chi connectivity index (χ0) is 17.4. The van der Waals surface area contributed by atoms with Crippen LogP contribution in [0.1, 0.15) is 30.8 Å². The van der Waals surface area contributed by atoms with Crippen molar-refractivity contribution in [3.8, 4) is 0 Å². The molecule has 3 heterocycles. The van der Waals surface area contributed by atoms with Gasteiger partial charge in [-0.1, -0.05) is 12.1 Å². The first kappa shape index (κ1) is 15.6. The number of aromatic nitrogens is 3. The van der Waals surface area contributed by atoms with Gasteiger partial charge in [-0.05, 0) is 31.2 Å². The molecule has 0 spiro atoms. The summed E-state index contributed by atoms with van der Waals surface area (Å²) < 4.78 is 2.18. The first-order chi connectivity index (χ1) is 12.1. The molecule has 6 nitrogen and oxygen atoms in total. The van der Waals surface area contributed by atoms with Gasteiger partial charge >= 0.3 is 0 Å². The van der Waals surface area contributed by atoms with Crippen molar-refractivity contribution in [1.82, 2.24) is 19.4 Å². The summed E-state index contributed by atoms with van der Waals surface area (Å²) in [5.41, 5.74) is 2.81. The lowest BCUT2D eigenvalue weighted by Crippen LogP contribution is -2.40. The van der Waals surface area contributed by atoms with E-state index in [4.69, 9.17) is 0 Å². The van der Waals surface area contributed by atoms with Crippen LogP contribution in [0.3, 0.4) is 0 Å². The third-order valence-electron chi connectivity index (χ3n) is 4.91. The summed E-state index contributed by atoms with van der Waals surface area (Å²) in [6, 6.07) is 11.5. The van der Waals surface area contributed by atoms with Gasteiger partial charge in [-0.25, -0.2) is 4.98 Å². The number of carbonyl (C=O) groups excluding carboxylic acids is 1. The molecule has 128 valence electrons. The van der Waals surface area contributed by atoms with E-state index in [1.54, 1.807) is 0 Å². The van der Waals surface area contributed by atoms with Crippen LogP contribution in [0, 0.1) is 0 Å². The quantitative estimate of drug-likeness (QED) is 0.797. The van der Waals surface area contributed by atoms with Gasteiger partial charge in [-0.2, -0.15) is 0 Å². The van der Waals surface area contributed by atoms with E-state index in [1.807, 2.05) is 48.4 Å². The Morgan fingerprint density at radius 2 is 2.08 bits per heavy atom. The molecule has 4 rings (SSSR count). The van der Waals surface area contributed by atoms with E-state index in [1.165, 1.54) is 0 Å². The van der Waals surface area contributed by atoms with Gasteiger partial charge in [-0.3, -0.25) is 9.59 Å². The fraction of sp³-hybridized carbons (Fsp3) is 0.316. The van der Waals surface area contributed by atoms with Gasteiger partial charge < -0.3 is 14.5 Å². The number of H-pyrrole nitrogens is 1. The third-order valence-corrected chi connectivity index (χ3v) is 4.91. The molecule has 6 heteroatoms. The molecule has 25 heavy (non-hydrogen) atoms. The van der Waals surface area contributed by atoms with Gasteiger partial charge in [0.15, 0.2) is 0 Å². The number of rotatable bonds is 3. The zero-order valence-electron chi connectivity index (χ0n) is 14.1. The molecule has 0 radical (unpaired) electrons. The van der Waals surface area contributed by atoms with E-state index in [-0.39, 0.29) is 17.5 Å². The van der Waals surface area contributed by atoms with E-state index in [9.17, 15) is 9.59 Å². The van der Waals surface area contributed by atoms with Crippen molar-refractivity contribution >= 4 is 16.9 Å². The highest BCUT2D eigenvalue weighted by molar-refractivity contribution is 5.77. The molecule has 1 aromatic carbocycles. The van der Waals surface area contributed by atoms with Crippen LogP contribution in [-0.2, 0) is 17.8 Å². The number of nitrogens with one attached hydrogen (secondary N) is 1. The van der Waals surface area contributed by atoms with Gasteiger partial charge in [0, 0.05) is 37.8 Å². The van der Waals surface area contributed by atoms with Gasteiger partial charge in [0.25, 0.3) is 5.56 Å². The van der Waals surface area contributed by atoms with Crippen LogP contribution < -0.4 is 5.56 Å². The minimum Gasteiger partial charge on any atom is -0.348 e. The van der Waals surface area contributed by atoms with Crippen molar-refractivity contribution in [3.05, 3.63) is 64.3 Å². The molecule has 0 aliphatic carbocycles. The maximum absolute atomic E-state index is 12.7. The van der Waals surface area contributed by atoms with E-state index in [2.05, 4.69) is 20.6 Å². The van der Waals surface area contributed by atoms with E-state index >= 15 is 0 Å². The van der Waals surface area contributed by atoms with Crippen molar-refractivity contribution in [2.75, 3.05) is 6.54 Å². The molecule has 1 unspecified atom stereocenters. The van der Waals surface area contributed by atoms with Gasteiger partial charge in [0.1, 0.15) is 5.69 Å². The summed E-state index contributed by atoms with van der Waals surface area (Å²) in [4.78, 5) is 34.0. The number of benzene rings is 1. The molecular formula is C19H20N4O2. The number of hydrogen-bond acceptors (Lipinski definition) is 3. The highest BCUT2D eigenvalue weighted by Gasteiger charge is 2.27. The molecule has 1 aliphatic rings. The molecule has 0 fully saturated rings. The van der Waals surface area contributed by atoms with Crippen LogP contribution >= 0.6 is 0 Å². The van der Waals surface area contributed by atoms with Crippen LogP contribution in [0.5, 0.6) is 0 Å². The van der Waals surface area contributed by atoms with E-state index in [0.29, 0.717) is 30.6 Å². The number of aryl methyl sites for hydroxylation is 1. The lowest BCUT2D eigenvalue weighted by Gasteiger charge is -2.35. The Bertz CT molecular complexity index is 988. The Balaban J connectivity index is 1.49. The SMILES string of the molecule is CC1c2cccn2CCN1C(=O)CCc1nc2ccccc2[nH]c1=O. The minimum atomic E-state index is -0.216. The van der Waals surface area contributed by atoms with Crippen molar-refractivity contribution in [1.29, 1.82) is 0 Å². The lowest BCUT2D eigenvalue weighted by atomic mass is 10.1. The van der Waals surface area contributed by atoms with Crippen molar-refractivity contribution in [2.24, 2.45) is 0 Å². The predicted octanol–water partition coefficient (Wildman–Crippen LogP) is 2.26. The van der Waals surface area contributed by atoms with E-state index < -0.39 is 0 Å². The Hall–Kier alpha value is -2.89. The molecule has 3 aromatic rings. The standard InChI is InChI=1S/C19H20N4O2/c1-13-17-7-4-10-22(17)11-12-23(13)18(24)9-8-16-19(25)21-15-6-3-2-5-14(15)20-16/h2-7,10,13H,8-9,11-12H2,1H3,(H,21,25). The Morgan fingerprint density at radius 3 is 2.96 bits per heavy atom. The van der Waals surface area contributed by atoms with Crippen LogP contribution in [0.2, 0.25) is 0 Å². The molecule has 0 saturated heterocycles. The predicted molar refractivity (Wildman–Crippen MR) is 95.2 cm³/mol. The number of fused-ring (bicyclic) bond motifs is 2. The summed E-state index contributed by atoms with van der Waals surface area (Å²) in [5.74, 6) is 0.0642. The van der Waals surface area contributed by atoms with E-state index in [0.717, 1.165) is 17.8 Å². The minimum absolute atomic E-state index is 0.0547. The number of amides is 1. The average Bonchev–Trinajstić information content (AvgIpc) is 3.09. The van der Waals surface area contributed by atoms with Gasteiger partial charge in [0.2, 0.25) is 5.91 Å². The molecule has 2 aromatic heterocycles. The number of para-hydroxylation sites is 2. The maximum atomic E-state index is 12.7. The molecule has 1 atom stereocenters. The number of hydrogen-bond donors (Lipinski definition) is 1. The molecule has 1 N–H and O–H groups in total. The van der Waals surface area contributed by atoms with Crippen LogP contribution in [0.4, 0.5) is 0 Å². The first-order valence-corrected chi connectivity index (χ1v) is 8.56. The summed E-state index contributed by atoms with van der Waals surface area (Å²) in [6.07, 6.45) is 2.69. The second kappa shape index (κ2) is 6.20. The lowest BCUT2D eigenvalue weighted by molar-refractivity contribution is -0.134. The van der Waals surface area contributed by atoms with Crippen LogP contribution in [0.15, 0.2) is 47.4 Å². The second-order valence-corrected chi connectivity index (χ2v) is 6.42. The molecule has 0 saturated carbocycles.